The Morgan fingerprint density at radius 2 is 1.94 bits per heavy atom. The summed E-state index contributed by atoms with van der Waals surface area (Å²) in [6, 6.07) is 8.40. The molecule has 3 aromatic heterocycles. The molecular weight excluding hydrogens is 416 g/mol. The van der Waals surface area contributed by atoms with E-state index >= 15 is 0 Å². The lowest BCUT2D eigenvalue weighted by Gasteiger charge is -2.09. The first-order chi connectivity index (χ1) is 14.9. The van der Waals surface area contributed by atoms with Crippen LogP contribution in [0.25, 0.3) is 10.2 Å². The SMILES string of the molecule is Cc1sc2ncn(CCC(=O)Nc3cccc(NC(=O)c4ccoc4)c3)c(=O)c2c1C. The molecule has 0 aliphatic heterocycles. The van der Waals surface area contributed by atoms with Crippen LogP contribution in [0.4, 0.5) is 11.4 Å². The summed E-state index contributed by atoms with van der Waals surface area (Å²) in [5.41, 5.74) is 2.29. The molecule has 158 valence electrons. The second kappa shape index (κ2) is 8.57. The van der Waals surface area contributed by atoms with Crippen LogP contribution < -0.4 is 16.2 Å². The van der Waals surface area contributed by atoms with Gasteiger partial charge in [-0.15, -0.1) is 11.3 Å². The van der Waals surface area contributed by atoms with Crippen LogP contribution >= 0.6 is 11.3 Å². The standard InChI is InChI=1S/C22H20N4O4S/c1-13-14(2)31-21-19(13)22(29)26(12-23-21)8-6-18(27)24-16-4-3-5-17(10-16)25-20(28)15-7-9-30-11-15/h3-5,7,9-12H,6,8H2,1-2H3,(H,24,27)(H,25,28). The second-order valence-electron chi connectivity index (χ2n) is 7.05. The molecule has 0 bridgehead atoms. The number of furan rings is 1. The van der Waals surface area contributed by atoms with E-state index in [1.54, 1.807) is 30.3 Å². The number of hydrogen-bond donors (Lipinski definition) is 2. The van der Waals surface area contributed by atoms with Gasteiger partial charge in [0, 0.05) is 29.2 Å². The molecule has 1 aromatic carbocycles. The number of nitrogens with zero attached hydrogens (tertiary/aromatic N) is 2. The molecule has 0 radical (unpaired) electrons. The van der Waals surface area contributed by atoms with Crippen molar-refractivity contribution in [3.05, 3.63) is 75.5 Å². The number of rotatable bonds is 6. The molecule has 0 saturated heterocycles. The van der Waals surface area contributed by atoms with Crippen LogP contribution in [0.3, 0.4) is 0 Å². The van der Waals surface area contributed by atoms with E-state index < -0.39 is 0 Å². The van der Waals surface area contributed by atoms with E-state index in [2.05, 4.69) is 15.6 Å². The second-order valence-corrected chi connectivity index (χ2v) is 8.25. The highest BCUT2D eigenvalue weighted by Crippen LogP contribution is 2.25. The Labute approximate surface area is 181 Å². The molecule has 0 aliphatic rings. The van der Waals surface area contributed by atoms with Gasteiger partial charge >= 0.3 is 0 Å². The molecular formula is C22H20N4O4S. The molecule has 0 aliphatic carbocycles. The number of carbonyl (C=O) groups is 2. The third-order valence-electron chi connectivity index (χ3n) is 4.92. The van der Waals surface area contributed by atoms with Gasteiger partial charge in [0.15, 0.2) is 0 Å². The number of nitrogens with one attached hydrogen (secondary N) is 2. The highest BCUT2D eigenvalue weighted by atomic mass is 32.1. The zero-order valence-electron chi connectivity index (χ0n) is 17.0. The lowest BCUT2D eigenvalue weighted by molar-refractivity contribution is -0.116. The number of fused-ring (bicyclic) bond motifs is 1. The van der Waals surface area contributed by atoms with Crippen LogP contribution in [-0.2, 0) is 11.3 Å². The molecule has 4 rings (SSSR count). The minimum Gasteiger partial charge on any atom is -0.472 e. The van der Waals surface area contributed by atoms with Crippen molar-refractivity contribution in [3.8, 4) is 0 Å². The number of anilines is 2. The van der Waals surface area contributed by atoms with Gasteiger partial charge in [-0.05, 0) is 43.7 Å². The molecule has 2 N–H and O–H groups in total. The molecule has 31 heavy (non-hydrogen) atoms. The maximum atomic E-state index is 12.7. The number of thiophene rings is 1. The van der Waals surface area contributed by atoms with Gasteiger partial charge in [-0.1, -0.05) is 6.07 Å². The van der Waals surface area contributed by atoms with Crippen molar-refractivity contribution < 1.29 is 14.0 Å². The first kappa shape index (κ1) is 20.5. The van der Waals surface area contributed by atoms with Gasteiger partial charge in [-0.3, -0.25) is 19.0 Å². The van der Waals surface area contributed by atoms with Crippen LogP contribution in [-0.4, -0.2) is 21.4 Å². The monoisotopic (exact) mass is 436 g/mol. The van der Waals surface area contributed by atoms with Gasteiger partial charge < -0.3 is 15.1 Å². The highest BCUT2D eigenvalue weighted by molar-refractivity contribution is 7.18. The first-order valence-corrected chi connectivity index (χ1v) is 10.4. The fourth-order valence-electron chi connectivity index (χ4n) is 3.15. The molecule has 4 aromatic rings. The number of hydrogen-bond acceptors (Lipinski definition) is 6. The van der Waals surface area contributed by atoms with E-state index in [1.165, 1.54) is 34.8 Å². The molecule has 9 heteroatoms. The molecule has 0 spiro atoms. The molecule has 0 fully saturated rings. The number of benzene rings is 1. The zero-order chi connectivity index (χ0) is 22.0. The Hall–Kier alpha value is -3.72. The number of aromatic nitrogens is 2. The maximum Gasteiger partial charge on any atom is 0.262 e. The van der Waals surface area contributed by atoms with E-state index in [-0.39, 0.29) is 30.3 Å². The van der Waals surface area contributed by atoms with Gasteiger partial charge in [0.25, 0.3) is 11.5 Å². The van der Waals surface area contributed by atoms with Crippen molar-refractivity contribution in [2.45, 2.75) is 26.8 Å². The van der Waals surface area contributed by atoms with Crippen LogP contribution in [0.5, 0.6) is 0 Å². The maximum absolute atomic E-state index is 12.7. The van der Waals surface area contributed by atoms with Crippen LogP contribution in [0.2, 0.25) is 0 Å². The average molecular weight is 436 g/mol. The summed E-state index contributed by atoms with van der Waals surface area (Å²) in [5, 5.41) is 6.15. The molecule has 0 unspecified atom stereocenters. The lowest BCUT2D eigenvalue weighted by Crippen LogP contribution is -2.23. The molecule has 3 heterocycles. The van der Waals surface area contributed by atoms with Gasteiger partial charge in [-0.25, -0.2) is 4.98 Å². The fourth-order valence-corrected chi connectivity index (χ4v) is 4.13. The molecule has 0 atom stereocenters. The smallest absolute Gasteiger partial charge is 0.262 e. The van der Waals surface area contributed by atoms with Crippen molar-refractivity contribution in [2.24, 2.45) is 0 Å². The van der Waals surface area contributed by atoms with Crippen molar-refractivity contribution in [3.63, 3.8) is 0 Å². The van der Waals surface area contributed by atoms with E-state index in [0.29, 0.717) is 22.3 Å². The summed E-state index contributed by atoms with van der Waals surface area (Å²) in [7, 11) is 0. The summed E-state index contributed by atoms with van der Waals surface area (Å²) < 4.78 is 6.37. The third-order valence-corrected chi connectivity index (χ3v) is 6.04. The number of amides is 2. The predicted octanol–water partition coefficient (Wildman–Crippen LogP) is 3.95. The highest BCUT2D eigenvalue weighted by Gasteiger charge is 2.13. The normalized spacial score (nSPS) is 10.9. The Bertz CT molecular complexity index is 1320. The van der Waals surface area contributed by atoms with E-state index in [4.69, 9.17) is 4.42 Å². The van der Waals surface area contributed by atoms with Crippen molar-refractivity contribution in [1.82, 2.24) is 9.55 Å². The summed E-state index contributed by atoms with van der Waals surface area (Å²) in [4.78, 5) is 43.4. The topological polar surface area (TPSA) is 106 Å². The van der Waals surface area contributed by atoms with Gasteiger partial charge in [0.1, 0.15) is 11.1 Å². The van der Waals surface area contributed by atoms with Gasteiger partial charge in [-0.2, -0.15) is 0 Å². The summed E-state index contributed by atoms with van der Waals surface area (Å²) in [6.07, 6.45) is 4.37. The fraction of sp³-hybridized carbons (Fsp3) is 0.182. The van der Waals surface area contributed by atoms with E-state index in [9.17, 15) is 14.4 Å². The quantitative estimate of drug-likeness (QED) is 0.476. The predicted molar refractivity (Wildman–Crippen MR) is 120 cm³/mol. The minimum absolute atomic E-state index is 0.112. The minimum atomic E-state index is -0.307. The molecule has 2 amide bonds. The first-order valence-electron chi connectivity index (χ1n) is 9.61. The van der Waals surface area contributed by atoms with Crippen LogP contribution in [0.15, 0.2) is 58.4 Å². The Kier molecular flexibility index (Phi) is 5.68. The van der Waals surface area contributed by atoms with E-state index in [1.807, 2.05) is 13.8 Å². The van der Waals surface area contributed by atoms with Crippen LogP contribution in [0.1, 0.15) is 27.2 Å². The lowest BCUT2D eigenvalue weighted by atomic mass is 10.2. The molecule has 8 nitrogen and oxygen atoms in total. The zero-order valence-corrected chi connectivity index (χ0v) is 17.8. The Morgan fingerprint density at radius 3 is 2.68 bits per heavy atom. The van der Waals surface area contributed by atoms with Crippen molar-refractivity contribution >= 4 is 44.7 Å². The van der Waals surface area contributed by atoms with Gasteiger partial charge in [0.2, 0.25) is 5.91 Å². The van der Waals surface area contributed by atoms with Crippen LogP contribution in [0, 0.1) is 13.8 Å². The number of carbonyl (C=O) groups excluding carboxylic acids is 2. The Morgan fingerprint density at radius 1 is 1.16 bits per heavy atom. The van der Waals surface area contributed by atoms with Crippen molar-refractivity contribution in [1.29, 1.82) is 0 Å². The molecule has 0 saturated carbocycles. The van der Waals surface area contributed by atoms with E-state index in [0.717, 1.165) is 15.3 Å². The summed E-state index contributed by atoms with van der Waals surface area (Å²) in [6.45, 7) is 4.09. The average Bonchev–Trinajstić information content (AvgIpc) is 3.37. The number of aryl methyl sites for hydroxylation is 3. The van der Waals surface area contributed by atoms with Gasteiger partial charge in [0.05, 0.1) is 23.5 Å². The van der Waals surface area contributed by atoms with Crippen molar-refractivity contribution in [2.75, 3.05) is 10.6 Å². The summed E-state index contributed by atoms with van der Waals surface area (Å²) >= 11 is 1.49. The third kappa shape index (κ3) is 4.41. The largest absolute Gasteiger partial charge is 0.472 e. The summed E-state index contributed by atoms with van der Waals surface area (Å²) in [5.74, 6) is -0.554. The Balaban J connectivity index is 1.40.